The lowest BCUT2D eigenvalue weighted by atomic mass is 10.2. The Kier molecular flexibility index (Phi) is 3.00. The number of carboxylic acid groups (broad SMARTS) is 1. The first kappa shape index (κ1) is 11.8. The van der Waals surface area contributed by atoms with Crippen molar-refractivity contribution in [1.82, 2.24) is 0 Å². The summed E-state index contributed by atoms with van der Waals surface area (Å²) in [5.41, 5.74) is -0.626. The van der Waals surface area contributed by atoms with Gasteiger partial charge in [0, 0.05) is 6.54 Å². The van der Waals surface area contributed by atoms with E-state index in [-0.39, 0.29) is 11.3 Å². The lowest BCUT2D eigenvalue weighted by molar-refractivity contribution is 0.0696. The fourth-order valence-electron chi connectivity index (χ4n) is 1.78. The minimum absolute atomic E-state index is 0.242. The molecule has 2 unspecified atom stereocenters. The van der Waals surface area contributed by atoms with Crippen LogP contribution in [-0.4, -0.2) is 17.6 Å². The Morgan fingerprint density at radius 3 is 2.41 bits per heavy atom. The van der Waals surface area contributed by atoms with Crippen LogP contribution in [0.2, 0.25) is 0 Å². The van der Waals surface area contributed by atoms with Crippen LogP contribution in [0.4, 0.5) is 14.5 Å². The molecule has 1 aromatic carbocycles. The molecule has 1 aliphatic carbocycles. The van der Waals surface area contributed by atoms with Gasteiger partial charge in [0.05, 0.1) is 5.56 Å². The molecule has 0 aromatic heterocycles. The van der Waals surface area contributed by atoms with Crippen molar-refractivity contribution in [3.63, 3.8) is 0 Å². The van der Waals surface area contributed by atoms with Crippen molar-refractivity contribution in [2.45, 2.75) is 13.3 Å². The summed E-state index contributed by atoms with van der Waals surface area (Å²) in [6.45, 7) is 2.59. The van der Waals surface area contributed by atoms with E-state index in [1.165, 1.54) is 0 Å². The van der Waals surface area contributed by atoms with E-state index in [9.17, 15) is 13.6 Å². The topological polar surface area (TPSA) is 49.3 Å². The third-order valence-electron chi connectivity index (χ3n) is 3.11. The molecule has 92 valence electrons. The molecular formula is C12H13F2NO2. The highest BCUT2D eigenvalue weighted by molar-refractivity contribution is 5.88. The van der Waals surface area contributed by atoms with E-state index in [2.05, 4.69) is 12.2 Å². The molecule has 0 spiro atoms. The number of anilines is 1. The second-order valence-corrected chi connectivity index (χ2v) is 4.47. The van der Waals surface area contributed by atoms with Gasteiger partial charge in [-0.25, -0.2) is 13.6 Å². The lowest BCUT2D eigenvalue weighted by Gasteiger charge is -2.09. The molecule has 2 N–H and O–H groups in total. The Bertz CT molecular complexity index is 439. The van der Waals surface area contributed by atoms with Crippen LogP contribution in [0.25, 0.3) is 0 Å². The molecular weight excluding hydrogens is 228 g/mol. The fraction of sp³-hybridized carbons (Fsp3) is 0.417. The lowest BCUT2D eigenvalue weighted by Crippen LogP contribution is -2.09. The molecule has 0 radical (unpaired) electrons. The number of rotatable bonds is 4. The second-order valence-electron chi connectivity index (χ2n) is 4.47. The van der Waals surface area contributed by atoms with E-state index in [4.69, 9.17) is 5.11 Å². The van der Waals surface area contributed by atoms with Crippen molar-refractivity contribution in [3.8, 4) is 0 Å². The normalized spacial score (nSPS) is 22.3. The van der Waals surface area contributed by atoms with Crippen molar-refractivity contribution in [1.29, 1.82) is 0 Å². The molecule has 3 nitrogen and oxygen atoms in total. The number of aromatic carboxylic acids is 1. The molecule has 1 saturated carbocycles. The number of carboxylic acids is 1. The van der Waals surface area contributed by atoms with Crippen molar-refractivity contribution in [3.05, 3.63) is 29.3 Å². The first-order chi connectivity index (χ1) is 7.99. The van der Waals surface area contributed by atoms with Gasteiger partial charge >= 0.3 is 5.97 Å². The van der Waals surface area contributed by atoms with E-state index in [1.54, 1.807) is 0 Å². The van der Waals surface area contributed by atoms with E-state index in [0.29, 0.717) is 18.4 Å². The minimum Gasteiger partial charge on any atom is -0.478 e. The number of hydrogen-bond donors (Lipinski definition) is 2. The van der Waals surface area contributed by atoms with Crippen molar-refractivity contribution >= 4 is 11.7 Å². The van der Waals surface area contributed by atoms with E-state index in [1.807, 2.05) is 0 Å². The van der Waals surface area contributed by atoms with Gasteiger partial charge in [-0.05, 0) is 30.4 Å². The molecule has 17 heavy (non-hydrogen) atoms. The molecule has 2 atom stereocenters. The van der Waals surface area contributed by atoms with Gasteiger partial charge in [-0.2, -0.15) is 0 Å². The quantitative estimate of drug-likeness (QED) is 0.852. The van der Waals surface area contributed by atoms with Gasteiger partial charge < -0.3 is 10.4 Å². The molecule has 5 heteroatoms. The van der Waals surface area contributed by atoms with Crippen molar-refractivity contribution in [2.75, 3.05) is 11.9 Å². The largest absolute Gasteiger partial charge is 0.478 e. The van der Waals surface area contributed by atoms with Crippen LogP contribution in [-0.2, 0) is 0 Å². The van der Waals surface area contributed by atoms with Gasteiger partial charge in [0.1, 0.15) is 17.3 Å². The number of halogens is 2. The SMILES string of the molecule is CC1CC1CNc1c(F)cc(C(=O)O)cc1F. The number of hydrogen-bond acceptors (Lipinski definition) is 2. The van der Waals surface area contributed by atoms with Crippen molar-refractivity contribution in [2.24, 2.45) is 11.8 Å². The van der Waals surface area contributed by atoms with Crippen LogP contribution >= 0.6 is 0 Å². The summed E-state index contributed by atoms with van der Waals surface area (Å²) in [6, 6.07) is 1.65. The molecule has 1 fully saturated rings. The van der Waals surface area contributed by atoms with Crippen LogP contribution in [0.15, 0.2) is 12.1 Å². The highest BCUT2D eigenvalue weighted by Crippen LogP contribution is 2.37. The second kappa shape index (κ2) is 4.31. The van der Waals surface area contributed by atoms with E-state index in [0.717, 1.165) is 18.6 Å². The summed E-state index contributed by atoms with van der Waals surface area (Å²) in [4.78, 5) is 10.6. The Labute approximate surface area is 97.5 Å². The van der Waals surface area contributed by atoms with Crippen LogP contribution < -0.4 is 5.32 Å². The van der Waals surface area contributed by atoms with E-state index >= 15 is 0 Å². The molecule has 1 aromatic rings. The Morgan fingerprint density at radius 1 is 1.47 bits per heavy atom. The first-order valence-corrected chi connectivity index (χ1v) is 5.45. The number of carbonyl (C=O) groups is 1. The third kappa shape index (κ3) is 2.54. The average molecular weight is 241 g/mol. The first-order valence-electron chi connectivity index (χ1n) is 5.45. The van der Waals surface area contributed by atoms with Gasteiger partial charge in [-0.1, -0.05) is 6.92 Å². The van der Waals surface area contributed by atoms with Gasteiger partial charge in [0.15, 0.2) is 0 Å². The number of benzene rings is 1. The van der Waals surface area contributed by atoms with Crippen molar-refractivity contribution < 1.29 is 18.7 Å². The molecule has 0 aliphatic heterocycles. The molecule has 0 bridgehead atoms. The molecule has 0 saturated heterocycles. The summed E-state index contributed by atoms with van der Waals surface area (Å²) in [7, 11) is 0. The zero-order valence-corrected chi connectivity index (χ0v) is 9.34. The molecule has 0 heterocycles. The van der Waals surface area contributed by atoms with Gasteiger partial charge in [-0.15, -0.1) is 0 Å². The molecule has 0 amide bonds. The molecule has 2 rings (SSSR count). The molecule has 1 aliphatic rings. The average Bonchev–Trinajstić information content (AvgIpc) is 2.93. The minimum atomic E-state index is -1.34. The zero-order chi connectivity index (χ0) is 12.6. The highest BCUT2D eigenvalue weighted by Gasteiger charge is 2.32. The summed E-state index contributed by atoms with van der Waals surface area (Å²) in [5, 5.41) is 11.3. The van der Waals surface area contributed by atoms with Gasteiger partial charge in [0.2, 0.25) is 0 Å². The predicted molar refractivity (Wildman–Crippen MR) is 59.1 cm³/mol. The summed E-state index contributed by atoms with van der Waals surface area (Å²) in [6.07, 6.45) is 1.06. The van der Waals surface area contributed by atoms with Crippen LogP contribution in [0.1, 0.15) is 23.7 Å². The summed E-state index contributed by atoms with van der Waals surface area (Å²) < 4.78 is 26.9. The fourth-order valence-corrected chi connectivity index (χ4v) is 1.78. The highest BCUT2D eigenvalue weighted by atomic mass is 19.1. The maximum Gasteiger partial charge on any atom is 0.335 e. The smallest absolute Gasteiger partial charge is 0.335 e. The summed E-state index contributed by atoms with van der Waals surface area (Å²) >= 11 is 0. The van der Waals surface area contributed by atoms with Crippen LogP contribution in [0.5, 0.6) is 0 Å². The van der Waals surface area contributed by atoms with Crippen LogP contribution in [0.3, 0.4) is 0 Å². The Balaban J connectivity index is 2.13. The maximum atomic E-state index is 13.5. The summed E-state index contributed by atoms with van der Waals surface area (Å²) in [5.74, 6) is -2.03. The number of nitrogens with one attached hydrogen (secondary N) is 1. The Morgan fingerprint density at radius 2 is 2.00 bits per heavy atom. The van der Waals surface area contributed by atoms with E-state index < -0.39 is 17.6 Å². The maximum absolute atomic E-state index is 13.5. The van der Waals surface area contributed by atoms with Gasteiger partial charge in [0.25, 0.3) is 0 Å². The zero-order valence-electron chi connectivity index (χ0n) is 9.34. The van der Waals surface area contributed by atoms with Crippen LogP contribution in [0, 0.1) is 23.5 Å². The monoisotopic (exact) mass is 241 g/mol. The third-order valence-corrected chi connectivity index (χ3v) is 3.11. The Hall–Kier alpha value is -1.65. The van der Waals surface area contributed by atoms with Gasteiger partial charge in [-0.3, -0.25) is 0 Å². The predicted octanol–water partition coefficient (Wildman–Crippen LogP) is 2.73. The standard InChI is InChI=1S/C12H13F2NO2/c1-6-2-8(6)5-15-11-9(13)3-7(12(16)17)4-10(11)14/h3-4,6,8,15H,2,5H2,1H3,(H,16,17).